The van der Waals surface area contributed by atoms with E-state index in [1.54, 1.807) is 4.90 Å². The number of benzene rings is 1. The maximum Gasteiger partial charge on any atom is 0.248 e. The van der Waals surface area contributed by atoms with E-state index in [2.05, 4.69) is 0 Å². The molecule has 0 bridgehead atoms. The van der Waals surface area contributed by atoms with Crippen LogP contribution < -0.4 is 4.74 Å². The van der Waals surface area contributed by atoms with Crippen molar-refractivity contribution < 1.29 is 23.8 Å². The first-order valence-corrected chi connectivity index (χ1v) is 11.8. The van der Waals surface area contributed by atoms with E-state index in [-0.39, 0.29) is 30.1 Å². The Hall–Kier alpha value is -1.83. The molecule has 1 aromatic rings. The summed E-state index contributed by atoms with van der Waals surface area (Å²) in [5.74, 6) is 1.00. The molecule has 3 heterocycles. The van der Waals surface area contributed by atoms with Crippen LogP contribution in [0.2, 0.25) is 5.02 Å². The molecule has 7 nitrogen and oxygen atoms in total. The van der Waals surface area contributed by atoms with E-state index in [1.807, 2.05) is 36.1 Å². The molecule has 0 saturated carbocycles. The van der Waals surface area contributed by atoms with Crippen molar-refractivity contribution in [1.29, 1.82) is 0 Å². The van der Waals surface area contributed by atoms with E-state index in [4.69, 9.17) is 25.8 Å². The molecule has 1 atom stereocenters. The first-order chi connectivity index (χ1) is 15.3. The fourth-order valence-corrected chi connectivity index (χ4v) is 5.24. The van der Waals surface area contributed by atoms with Crippen molar-refractivity contribution in [2.24, 2.45) is 5.41 Å². The van der Waals surface area contributed by atoms with Gasteiger partial charge >= 0.3 is 0 Å². The Morgan fingerprint density at radius 3 is 2.31 bits per heavy atom. The number of ether oxygens (including phenoxy) is 3. The van der Waals surface area contributed by atoms with E-state index in [9.17, 15) is 9.59 Å². The Balaban J connectivity index is 1.27. The number of carbonyl (C=O) groups excluding carboxylic acids is 2. The molecule has 4 rings (SSSR count). The lowest BCUT2D eigenvalue weighted by Gasteiger charge is -2.44. The summed E-state index contributed by atoms with van der Waals surface area (Å²) in [6, 6.07) is 7.41. The molecule has 1 aromatic carbocycles. The predicted octanol–water partition coefficient (Wildman–Crippen LogP) is 3.14. The zero-order valence-electron chi connectivity index (χ0n) is 19.0. The van der Waals surface area contributed by atoms with Gasteiger partial charge in [0.2, 0.25) is 11.8 Å². The van der Waals surface area contributed by atoms with Crippen molar-refractivity contribution in [1.82, 2.24) is 9.80 Å². The highest BCUT2D eigenvalue weighted by atomic mass is 35.5. The Morgan fingerprint density at radius 2 is 1.69 bits per heavy atom. The van der Waals surface area contributed by atoms with Gasteiger partial charge in [-0.25, -0.2) is 0 Å². The number of hydrogen-bond donors (Lipinski definition) is 0. The summed E-state index contributed by atoms with van der Waals surface area (Å²) in [5, 5.41) is 0.689. The number of amides is 2. The van der Waals surface area contributed by atoms with Crippen LogP contribution in [-0.2, 0) is 19.1 Å². The normalized spacial score (nSPS) is 24.5. The number of rotatable bonds is 5. The lowest BCUT2D eigenvalue weighted by atomic mass is 9.78. The van der Waals surface area contributed by atoms with Gasteiger partial charge in [-0.15, -0.1) is 0 Å². The molecule has 2 amide bonds. The number of hydrogen-bond acceptors (Lipinski definition) is 5. The minimum Gasteiger partial charge on any atom is -0.488 e. The lowest BCUT2D eigenvalue weighted by molar-refractivity contribution is -0.151. The smallest absolute Gasteiger partial charge is 0.248 e. The molecule has 3 fully saturated rings. The molecular weight excluding hydrogens is 432 g/mol. The van der Waals surface area contributed by atoms with Crippen LogP contribution in [0.15, 0.2) is 24.3 Å². The molecule has 0 N–H and O–H groups in total. The van der Waals surface area contributed by atoms with Crippen LogP contribution in [0.25, 0.3) is 0 Å². The zero-order chi connectivity index (χ0) is 22.8. The topological polar surface area (TPSA) is 68.3 Å². The summed E-state index contributed by atoms with van der Waals surface area (Å²) >= 11 is 5.95. The van der Waals surface area contributed by atoms with Crippen molar-refractivity contribution in [3.8, 4) is 5.75 Å². The zero-order valence-corrected chi connectivity index (χ0v) is 19.7. The van der Waals surface area contributed by atoms with Gasteiger partial charge in [-0.2, -0.15) is 0 Å². The maximum absolute atomic E-state index is 13.3. The summed E-state index contributed by atoms with van der Waals surface area (Å²) in [6.45, 7) is 5.33. The summed E-state index contributed by atoms with van der Waals surface area (Å²) in [5.41, 5.74) is -0.615. The van der Waals surface area contributed by atoms with Crippen LogP contribution >= 0.6 is 11.6 Å². The molecule has 3 aliphatic heterocycles. The molecule has 1 unspecified atom stereocenters. The molecular formula is C24H33ClN2O5. The minimum absolute atomic E-state index is 0.00401. The molecule has 0 aliphatic carbocycles. The van der Waals surface area contributed by atoms with E-state index in [0.717, 1.165) is 25.0 Å². The van der Waals surface area contributed by atoms with Gasteiger partial charge in [-0.3, -0.25) is 9.59 Å². The second-order valence-corrected chi connectivity index (χ2v) is 10.00. The summed E-state index contributed by atoms with van der Waals surface area (Å²) in [4.78, 5) is 29.2. The average molecular weight is 465 g/mol. The number of carbonyl (C=O) groups is 2. The molecule has 3 saturated heterocycles. The summed E-state index contributed by atoms with van der Waals surface area (Å²) in [6.07, 6.45) is 3.89. The average Bonchev–Trinajstić information content (AvgIpc) is 3.18. The van der Waals surface area contributed by atoms with Crippen LogP contribution in [0, 0.1) is 5.41 Å². The van der Waals surface area contributed by atoms with Crippen molar-refractivity contribution in [2.75, 3.05) is 46.5 Å². The summed E-state index contributed by atoms with van der Waals surface area (Å²) in [7, 11) is 1.53. The predicted molar refractivity (Wildman–Crippen MR) is 121 cm³/mol. The van der Waals surface area contributed by atoms with Crippen molar-refractivity contribution >= 4 is 23.4 Å². The molecule has 3 aliphatic rings. The standard InChI is InChI=1S/C24H33ClN2O5/c1-23(7-11-26(12-8-23)21(28)17-30-2)22(29)27-13-9-24(10-14-27)15-20(16-31-24)32-19-5-3-18(25)4-6-19/h3-6,20H,7-17H2,1-2H3. The SMILES string of the molecule is COCC(=O)N1CCC(C)(C(=O)N2CCC3(CC2)CC(Oc2ccc(Cl)cc2)CO3)CC1. The van der Waals surface area contributed by atoms with Crippen molar-refractivity contribution in [3.05, 3.63) is 29.3 Å². The number of methoxy groups -OCH3 is 1. The molecule has 176 valence electrons. The minimum atomic E-state index is -0.412. The Bertz CT molecular complexity index is 814. The largest absolute Gasteiger partial charge is 0.488 e. The maximum atomic E-state index is 13.3. The quantitative estimate of drug-likeness (QED) is 0.669. The second-order valence-electron chi connectivity index (χ2n) is 9.56. The highest BCUT2D eigenvalue weighted by Crippen LogP contribution is 2.40. The molecule has 0 radical (unpaired) electrons. The second kappa shape index (κ2) is 9.57. The van der Waals surface area contributed by atoms with E-state index < -0.39 is 5.41 Å². The number of nitrogens with zero attached hydrogens (tertiary/aromatic N) is 2. The van der Waals surface area contributed by atoms with Gasteiger partial charge in [0, 0.05) is 50.1 Å². The van der Waals surface area contributed by atoms with Crippen LogP contribution in [0.1, 0.15) is 39.0 Å². The molecule has 32 heavy (non-hydrogen) atoms. The molecule has 8 heteroatoms. The Morgan fingerprint density at radius 1 is 1.06 bits per heavy atom. The van der Waals surface area contributed by atoms with E-state index in [0.29, 0.717) is 50.7 Å². The Kier molecular flexibility index (Phi) is 6.98. The van der Waals surface area contributed by atoms with Crippen LogP contribution in [0.4, 0.5) is 0 Å². The van der Waals surface area contributed by atoms with Crippen LogP contribution in [0.5, 0.6) is 5.75 Å². The van der Waals surface area contributed by atoms with Gasteiger partial charge in [0.05, 0.1) is 12.2 Å². The number of piperidine rings is 2. The lowest BCUT2D eigenvalue weighted by Crippen LogP contribution is -2.54. The van der Waals surface area contributed by atoms with Gasteiger partial charge < -0.3 is 24.0 Å². The third-order valence-electron chi connectivity index (χ3n) is 7.26. The monoisotopic (exact) mass is 464 g/mol. The van der Waals surface area contributed by atoms with Crippen LogP contribution in [0.3, 0.4) is 0 Å². The summed E-state index contributed by atoms with van der Waals surface area (Å²) < 4.78 is 17.2. The molecule has 0 aromatic heterocycles. The van der Waals surface area contributed by atoms with Gasteiger partial charge in [-0.1, -0.05) is 18.5 Å². The molecule has 1 spiro atoms. The number of halogens is 1. The fraction of sp³-hybridized carbons (Fsp3) is 0.667. The number of likely N-dealkylation sites (tertiary alicyclic amines) is 2. The Labute approximate surface area is 194 Å². The van der Waals surface area contributed by atoms with Crippen molar-refractivity contribution in [3.63, 3.8) is 0 Å². The van der Waals surface area contributed by atoms with Gasteiger partial charge in [0.25, 0.3) is 0 Å². The van der Waals surface area contributed by atoms with E-state index >= 15 is 0 Å². The van der Waals surface area contributed by atoms with Crippen LogP contribution in [-0.4, -0.2) is 79.8 Å². The third-order valence-corrected chi connectivity index (χ3v) is 7.51. The first kappa shape index (κ1) is 23.3. The van der Waals surface area contributed by atoms with E-state index in [1.165, 1.54) is 7.11 Å². The van der Waals surface area contributed by atoms with Gasteiger partial charge in [-0.05, 0) is 49.9 Å². The van der Waals surface area contributed by atoms with Gasteiger partial charge in [0.15, 0.2) is 0 Å². The fourth-order valence-electron chi connectivity index (χ4n) is 5.11. The van der Waals surface area contributed by atoms with Gasteiger partial charge in [0.1, 0.15) is 18.5 Å². The first-order valence-electron chi connectivity index (χ1n) is 11.4. The van der Waals surface area contributed by atoms with Crippen molar-refractivity contribution in [2.45, 2.75) is 50.7 Å². The highest BCUT2D eigenvalue weighted by Gasteiger charge is 2.47. The third kappa shape index (κ3) is 5.05. The highest BCUT2D eigenvalue weighted by molar-refractivity contribution is 6.30.